The van der Waals surface area contributed by atoms with E-state index < -0.39 is 17.8 Å². The van der Waals surface area contributed by atoms with Crippen molar-refractivity contribution in [1.82, 2.24) is 0 Å². The fourth-order valence-corrected chi connectivity index (χ4v) is 9.29. The van der Waals surface area contributed by atoms with Crippen LogP contribution in [0.25, 0.3) is 0 Å². The van der Waals surface area contributed by atoms with Gasteiger partial charge in [0.05, 0.1) is 17.8 Å². The van der Waals surface area contributed by atoms with Crippen molar-refractivity contribution < 1.29 is 15.3 Å². The van der Waals surface area contributed by atoms with E-state index in [1.54, 1.807) is 0 Å². The summed E-state index contributed by atoms with van der Waals surface area (Å²) in [6.45, 7) is 12.0. The third-order valence-corrected chi connectivity index (χ3v) is 11.0. The van der Waals surface area contributed by atoms with Gasteiger partial charge < -0.3 is 15.3 Å². The maximum atomic E-state index is 11.6. The van der Waals surface area contributed by atoms with Gasteiger partial charge in [-0.1, -0.05) is 53.9 Å². The van der Waals surface area contributed by atoms with E-state index in [0.29, 0.717) is 29.6 Å². The predicted molar refractivity (Wildman–Crippen MR) is 122 cm³/mol. The summed E-state index contributed by atoms with van der Waals surface area (Å²) in [6, 6.07) is 0. The highest BCUT2D eigenvalue weighted by Gasteiger charge is 2.67. The molecule has 0 bridgehead atoms. The molecular formula is C27H48O3. The lowest BCUT2D eigenvalue weighted by molar-refractivity contribution is -0.264. The van der Waals surface area contributed by atoms with Crippen LogP contribution in [0, 0.1) is 46.3 Å². The molecule has 174 valence electrons. The molecule has 0 heterocycles. The third kappa shape index (κ3) is 3.41. The Labute approximate surface area is 185 Å². The molecule has 0 aromatic rings. The summed E-state index contributed by atoms with van der Waals surface area (Å²) in [5.41, 5.74) is -0.962. The molecule has 0 spiro atoms. The monoisotopic (exact) mass is 420 g/mol. The van der Waals surface area contributed by atoms with Crippen molar-refractivity contribution in [2.24, 2.45) is 46.3 Å². The molecule has 0 radical (unpaired) electrons. The smallest absolute Gasteiger partial charge is 0.0985 e. The molecule has 0 saturated heterocycles. The van der Waals surface area contributed by atoms with Gasteiger partial charge in [-0.3, -0.25) is 0 Å². The first-order chi connectivity index (χ1) is 14.0. The second-order valence-electron chi connectivity index (χ2n) is 12.9. The highest BCUT2D eigenvalue weighted by molar-refractivity contribution is 5.17. The van der Waals surface area contributed by atoms with Gasteiger partial charge >= 0.3 is 0 Å². The molecule has 4 fully saturated rings. The Morgan fingerprint density at radius 1 is 0.900 bits per heavy atom. The van der Waals surface area contributed by atoms with Gasteiger partial charge in [0.25, 0.3) is 0 Å². The average molecular weight is 421 g/mol. The minimum atomic E-state index is -1.11. The van der Waals surface area contributed by atoms with Crippen LogP contribution in [-0.2, 0) is 0 Å². The fourth-order valence-electron chi connectivity index (χ4n) is 9.29. The maximum absolute atomic E-state index is 11.6. The molecule has 0 unspecified atom stereocenters. The molecule has 3 nitrogen and oxygen atoms in total. The van der Waals surface area contributed by atoms with E-state index in [0.717, 1.165) is 37.0 Å². The first kappa shape index (κ1) is 23.1. The number of fused-ring (bicyclic) bond motifs is 5. The third-order valence-electron chi connectivity index (χ3n) is 11.0. The predicted octanol–water partition coefficient (Wildman–Crippen LogP) is 5.55. The molecule has 0 amide bonds. The quantitative estimate of drug-likeness (QED) is 0.546. The number of hydrogen-bond donors (Lipinski definition) is 3. The van der Waals surface area contributed by atoms with Gasteiger partial charge in [0.2, 0.25) is 0 Å². The summed E-state index contributed by atoms with van der Waals surface area (Å²) >= 11 is 0. The molecule has 10 atom stereocenters. The van der Waals surface area contributed by atoms with Crippen molar-refractivity contribution in [3.05, 3.63) is 0 Å². The van der Waals surface area contributed by atoms with Gasteiger partial charge in [-0.2, -0.15) is 0 Å². The Morgan fingerprint density at radius 2 is 1.63 bits per heavy atom. The second-order valence-corrected chi connectivity index (χ2v) is 12.9. The number of rotatable bonds is 5. The Kier molecular flexibility index (Phi) is 6.17. The lowest BCUT2D eigenvalue weighted by Gasteiger charge is -2.65. The summed E-state index contributed by atoms with van der Waals surface area (Å²) in [5.74, 6) is 4.13. The van der Waals surface area contributed by atoms with Crippen molar-refractivity contribution >= 4 is 0 Å². The lowest BCUT2D eigenvalue weighted by Crippen LogP contribution is -2.68. The molecule has 30 heavy (non-hydrogen) atoms. The van der Waals surface area contributed by atoms with Crippen molar-refractivity contribution in [3.63, 3.8) is 0 Å². The molecule has 3 N–H and O–H groups in total. The average Bonchev–Trinajstić information content (AvgIpc) is 3.01. The molecule has 4 saturated carbocycles. The molecule has 4 aliphatic carbocycles. The Balaban J connectivity index is 1.53. The van der Waals surface area contributed by atoms with Crippen molar-refractivity contribution in [2.75, 3.05) is 0 Å². The minimum absolute atomic E-state index is 0.253. The summed E-state index contributed by atoms with van der Waals surface area (Å²) in [6.07, 6.45) is 10.7. The van der Waals surface area contributed by atoms with E-state index in [1.165, 1.54) is 44.9 Å². The van der Waals surface area contributed by atoms with Crippen LogP contribution in [0.3, 0.4) is 0 Å². The van der Waals surface area contributed by atoms with E-state index in [2.05, 4.69) is 34.6 Å². The number of aliphatic hydroxyl groups excluding tert-OH is 2. The van der Waals surface area contributed by atoms with Crippen molar-refractivity contribution in [3.8, 4) is 0 Å². The van der Waals surface area contributed by atoms with E-state index in [9.17, 15) is 15.3 Å². The van der Waals surface area contributed by atoms with Crippen LogP contribution in [0.1, 0.15) is 105 Å². The van der Waals surface area contributed by atoms with Crippen LogP contribution in [0.15, 0.2) is 0 Å². The molecule has 4 aliphatic rings. The van der Waals surface area contributed by atoms with Crippen LogP contribution < -0.4 is 0 Å². The van der Waals surface area contributed by atoms with Gasteiger partial charge in [-0.25, -0.2) is 0 Å². The molecular weight excluding hydrogens is 372 g/mol. The standard InChI is InChI=1S/C27H48O3/c1-17(2)7-6-8-18(3)21-9-10-22-20-15-24(29)27(30)16-19(28)11-14-26(27,5)23(20)12-13-25(21,22)4/h17-24,28-30H,6-16H2,1-5H3/t18-,19-,20+,21+,22+,23+,24+,25+,26+,27-/m0/s1. The SMILES string of the molecule is CC(C)CCC[C@H](C)[C@H]1CC[C@@H]2[C@H]3C[C@@H](O)[C@@]4(O)C[C@@H](O)CC[C@]4(C)[C@@H]3CC[C@@]21C. The Bertz CT molecular complexity index is 619. The van der Waals surface area contributed by atoms with Crippen molar-refractivity contribution in [1.29, 1.82) is 0 Å². The van der Waals surface area contributed by atoms with Gasteiger partial charge in [0.1, 0.15) is 0 Å². The van der Waals surface area contributed by atoms with Crippen molar-refractivity contribution in [2.45, 2.75) is 123 Å². The molecule has 0 aromatic heterocycles. The summed E-state index contributed by atoms with van der Waals surface area (Å²) in [7, 11) is 0. The van der Waals surface area contributed by atoms with Crippen LogP contribution in [-0.4, -0.2) is 33.1 Å². The van der Waals surface area contributed by atoms with E-state index in [-0.39, 0.29) is 5.41 Å². The Morgan fingerprint density at radius 3 is 2.33 bits per heavy atom. The highest BCUT2D eigenvalue weighted by Crippen LogP contribution is 2.69. The highest BCUT2D eigenvalue weighted by atomic mass is 16.3. The van der Waals surface area contributed by atoms with Crippen LogP contribution in [0.4, 0.5) is 0 Å². The zero-order chi connectivity index (χ0) is 21.9. The van der Waals surface area contributed by atoms with Gasteiger partial charge in [-0.05, 0) is 85.9 Å². The lowest BCUT2D eigenvalue weighted by atomic mass is 9.42. The van der Waals surface area contributed by atoms with Gasteiger partial charge in [0.15, 0.2) is 0 Å². The normalized spacial score (nSPS) is 51.9. The molecule has 0 aromatic carbocycles. The summed E-state index contributed by atoms with van der Waals surface area (Å²) in [5, 5.41) is 33.0. The zero-order valence-corrected chi connectivity index (χ0v) is 20.2. The molecule has 3 heteroatoms. The molecule has 0 aliphatic heterocycles. The van der Waals surface area contributed by atoms with Crippen LogP contribution in [0.5, 0.6) is 0 Å². The first-order valence-corrected chi connectivity index (χ1v) is 13.1. The topological polar surface area (TPSA) is 60.7 Å². The second kappa shape index (κ2) is 8.03. The number of hydrogen-bond acceptors (Lipinski definition) is 3. The fraction of sp³-hybridized carbons (Fsp3) is 1.00. The largest absolute Gasteiger partial charge is 0.393 e. The van der Waals surface area contributed by atoms with E-state index in [4.69, 9.17) is 0 Å². The van der Waals surface area contributed by atoms with Crippen LogP contribution >= 0.6 is 0 Å². The van der Waals surface area contributed by atoms with Gasteiger partial charge in [0, 0.05) is 11.8 Å². The zero-order valence-electron chi connectivity index (χ0n) is 20.2. The first-order valence-electron chi connectivity index (χ1n) is 13.1. The Hall–Kier alpha value is -0.120. The summed E-state index contributed by atoms with van der Waals surface area (Å²) < 4.78 is 0. The number of aliphatic hydroxyl groups is 3. The van der Waals surface area contributed by atoms with E-state index >= 15 is 0 Å². The van der Waals surface area contributed by atoms with E-state index in [1.807, 2.05) is 0 Å². The summed E-state index contributed by atoms with van der Waals surface area (Å²) in [4.78, 5) is 0. The minimum Gasteiger partial charge on any atom is -0.393 e. The molecule has 4 rings (SSSR count). The maximum Gasteiger partial charge on any atom is 0.0985 e. The van der Waals surface area contributed by atoms with Gasteiger partial charge in [-0.15, -0.1) is 0 Å². The van der Waals surface area contributed by atoms with Crippen LogP contribution in [0.2, 0.25) is 0 Å².